The Morgan fingerprint density at radius 3 is 2.65 bits per heavy atom. The Kier molecular flexibility index (Phi) is 4.20. The number of nitrogens with zero attached hydrogens (tertiary/aromatic N) is 4. The molecule has 0 fully saturated rings. The Labute approximate surface area is 149 Å². The van der Waals surface area contributed by atoms with Crippen LogP contribution in [-0.4, -0.2) is 33.2 Å². The summed E-state index contributed by atoms with van der Waals surface area (Å²) in [5.41, 5.74) is 1.55. The van der Waals surface area contributed by atoms with Gasteiger partial charge in [0.2, 0.25) is 0 Å². The molecule has 1 amide bonds. The number of Topliss-reactive ketones (excluding diaryl/α,β-unsaturated/α-hetero) is 1. The van der Waals surface area contributed by atoms with Crippen molar-refractivity contribution in [1.82, 2.24) is 15.0 Å². The molecule has 0 saturated heterocycles. The van der Waals surface area contributed by atoms with Gasteiger partial charge in [0, 0.05) is 25.2 Å². The fraction of sp³-hybridized carbons (Fsp3) is 0.263. The fourth-order valence-corrected chi connectivity index (χ4v) is 3.24. The van der Waals surface area contributed by atoms with Gasteiger partial charge in [0.05, 0.1) is 16.9 Å². The highest BCUT2D eigenvalue weighted by Crippen LogP contribution is 2.29. The van der Waals surface area contributed by atoms with Crippen molar-refractivity contribution in [2.75, 3.05) is 11.4 Å². The number of carbonyl (C=O) groups is 2. The molecular formula is C19H17FN4O2. The Balaban J connectivity index is 1.33. The van der Waals surface area contributed by atoms with Crippen LogP contribution in [0.4, 0.5) is 10.1 Å². The molecule has 1 aromatic carbocycles. The van der Waals surface area contributed by atoms with Gasteiger partial charge >= 0.3 is 0 Å². The average Bonchev–Trinajstić information content (AvgIpc) is 3.36. The smallest absolute Gasteiger partial charge is 0.299 e. The molecule has 0 radical (unpaired) electrons. The van der Waals surface area contributed by atoms with Crippen molar-refractivity contribution < 1.29 is 14.0 Å². The third-order valence-corrected chi connectivity index (χ3v) is 4.60. The number of rotatable bonds is 6. The molecule has 6 nitrogen and oxygen atoms in total. The zero-order chi connectivity index (χ0) is 18.1. The number of amides is 1. The first-order valence-electron chi connectivity index (χ1n) is 8.54. The van der Waals surface area contributed by atoms with Crippen LogP contribution in [-0.2, 0) is 11.3 Å². The minimum Gasteiger partial charge on any atom is -0.305 e. The Morgan fingerprint density at radius 1 is 1.08 bits per heavy atom. The van der Waals surface area contributed by atoms with Gasteiger partial charge in [-0.1, -0.05) is 29.5 Å². The summed E-state index contributed by atoms with van der Waals surface area (Å²) >= 11 is 0. The zero-order valence-electron chi connectivity index (χ0n) is 14.0. The van der Waals surface area contributed by atoms with Gasteiger partial charge < -0.3 is 4.90 Å². The third-order valence-electron chi connectivity index (χ3n) is 4.60. The highest BCUT2D eigenvalue weighted by molar-refractivity contribution is 6.52. The van der Waals surface area contributed by atoms with Crippen LogP contribution in [0.25, 0.3) is 0 Å². The van der Waals surface area contributed by atoms with Crippen molar-refractivity contribution in [3.05, 3.63) is 65.8 Å². The van der Waals surface area contributed by atoms with Crippen LogP contribution < -0.4 is 4.90 Å². The summed E-state index contributed by atoms with van der Waals surface area (Å²) in [4.78, 5) is 25.5. The lowest BCUT2D eigenvalue weighted by Crippen LogP contribution is -2.30. The Hall–Kier alpha value is -3.09. The minimum absolute atomic E-state index is 0.147. The van der Waals surface area contributed by atoms with Crippen molar-refractivity contribution in [3.63, 3.8) is 0 Å². The standard InChI is InChI=1S/C19H17FN4O2/c20-14-7-8-17-15(11-14)18(25)19(26)24(17)10-4-3-9-23-12-16(21-22-23)13-5-1-2-6-13/h1-2,5-8,11-13H,3-4,9-10H2. The number of hydrogen-bond donors (Lipinski definition) is 0. The Morgan fingerprint density at radius 2 is 1.85 bits per heavy atom. The van der Waals surface area contributed by atoms with E-state index in [-0.39, 0.29) is 11.5 Å². The number of unbranched alkanes of at least 4 members (excludes halogenated alkanes) is 1. The number of benzene rings is 1. The summed E-state index contributed by atoms with van der Waals surface area (Å²) < 4.78 is 15.1. The second-order valence-electron chi connectivity index (χ2n) is 6.36. The van der Waals surface area contributed by atoms with Gasteiger partial charge in [0.15, 0.2) is 0 Å². The quantitative estimate of drug-likeness (QED) is 0.592. The second-order valence-corrected chi connectivity index (χ2v) is 6.36. The van der Waals surface area contributed by atoms with Crippen molar-refractivity contribution in [2.24, 2.45) is 0 Å². The van der Waals surface area contributed by atoms with Crippen LogP contribution in [0.15, 0.2) is 48.7 Å². The largest absolute Gasteiger partial charge is 0.305 e. The van der Waals surface area contributed by atoms with Crippen LogP contribution in [0.2, 0.25) is 0 Å². The number of anilines is 1. The van der Waals surface area contributed by atoms with E-state index in [2.05, 4.69) is 22.5 Å². The molecule has 1 aliphatic carbocycles. The van der Waals surface area contributed by atoms with Crippen molar-refractivity contribution in [2.45, 2.75) is 25.3 Å². The van der Waals surface area contributed by atoms with E-state index in [1.54, 1.807) is 4.68 Å². The van der Waals surface area contributed by atoms with Crippen LogP contribution in [0.5, 0.6) is 0 Å². The lowest BCUT2D eigenvalue weighted by Gasteiger charge is -2.16. The van der Waals surface area contributed by atoms with E-state index in [4.69, 9.17) is 0 Å². The molecule has 7 heteroatoms. The Bertz CT molecular complexity index is 919. The maximum absolute atomic E-state index is 13.3. The molecular weight excluding hydrogens is 335 g/mol. The number of carbonyl (C=O) groups excluding carboxylic acids is 2. The van der Waals surface area contributed by atoms with Gasteiger partial charge in [-0.2, -0.15) is 0 Å². The number of fused-ring (bicyclic) bond motifs is 1. The van der Waals surface area contributed by atoms with Crippen LogP contribution in [0, 0.1) is 5.82 Å². The first kappa shape index (κ1) is 16.4. The summed E-state index contributed by atoms with van der Waals surface area (Å²) in [5.74, 6) is -1.55. The molecule has 0 saturated carbocycles. The van der Waals surface area contributed by atoms with Gasteiger partial charge in [-0.15, -0.1) is 5.10 Å². The van der Waals surface area contributed by atoms with E-state index < -0.39 is 17.5 Å². The molecule has 2 aromatic rings. The van der Waals surface area contributed by atoms with E-state index >= 15 is 0 Å². The highest BCUT2D eigenvalue weighted by atomic mass is 19.1. The zero-order valence-corrected chi connectivity index (χ0v) is 14.0. The second kappa shape index (κ2) is 6.67. The molecule has 0 unspecified atom stereocenters. The van der Waals surface area contributed by atoms with Crippen molar-refractivity contribution in [1.29, 1.82) is 0 Å². The number of aromatic nitrogens is 3. The first-order valence-corrected chi connectivity index (χ1v) is 8.54. The third kappa shape index (κ3) is 2.96. The number of aryl methyl sites for hydroxylation is 1. The molecule has 1 aliphatic heterocycles. The fourth-order valence-electron chi connectivity index (χ4n) is 3.24. The molecule has 1 aromatic heterocycles. The topological polar surface area (TPSA) is 68.1 Å². The molecule has 2 aliphatic rings. The monoisotopic (exact) mass is 352 g/mol. The van der Waals surface area contributed by atoms with Crippen molar-refractivity contribution >= 4 is 17.4 Å². The molecule has 26 heavy (non-hydrogen) atoms. The summed E-state index contributed by atoms with van der Waals surface area (Å²) in [6.45, 7) is 1.10. The molecule has 0 spiro atoms. The molecule has 4 rings (SSSR count). The predicted octanol–water partition coefficient (Wildman–Crippen LogP) is 2.64. The summed E-state index contributed by atoms with van der Waals surface area (Å²) in [6, 6.07) is 3.87. The van der Waals surface area contributed by atoms with E-state index in [0.29, 0.717) is 25.2 Å². The van der Waals surface area contributed by atoms with Crippen molar-refractivity contribution in [3.8, 4) is 0 Å². The van der Waals surface area contributed by atoms with E-state index in [1.807, 2.05) is 18.3 Å². The molecule has 132 valence electrons. The summed E-state index contributed by atoms with van der Waals surface area (Å²) in [5, 5.41) is 8.31. The number of ketones is 1. The lowest BCUT2D eigenvalue weighted by molar-refractivity contribution is -0.114. The van der Waals surface area contributed by atoms with Gasteiger partial charge in [0.1, 0.15) is 5.82 Å². The maximum Gasteiger partial charge on any atom is 0.299 e. The highest BCUT2D eigenvalue weighted by Gasteiger charge is 2.35. The summed E-state index contributed by atoms with van der Waals surface area (Å²) in [6.07, 6.45) is 11.5. The molecule has 0 N–H and O–H groups in total. The van der Waals surface area contributed by atoms with Gasteiger partial charge in [-0.05, 0) is 31.0 Å². The maximum atomic E-state index is 13.3. The number of allylic oxidation sites excluding steroid dienone is 4. The van der Waals surface area contributed by atoms with Gasteiger partial charge in [-0.3, -0.25) is 14.3 Å². The molecule has 0 bridgehead atoms. The first-order chi connectivity index (χ1) is 12.6. The van der Waals surface area contributed by atoms with Gasteiger partial charge in [0.25, 0.3) is 11.7 Å². The average molecular weight is 352 g/mol. The lowest BCUT2D eigenvalue weighted by atomic mass is 10.1. The van der Waals surface area contributed by atoms with E-state index in [0.717, 1.165) is 18.2 Å². The van der Waals surface area contributed by atoms with Gasteiger partial charge in [-0.25, -0.2) is 4.39 Å². The normalized spacial score (nSPS) is 16.1. The van der Waals surface area contributed by atoms with Crippen LogP contribution in [0.1, 0.15) is 34.8 Å². The number of halogens is 1. The summed E-state index contributed by atoms with van der Waals surface area (Å²) in [7, 11) is 0. The van der Waals surface area contributed by atoms with Crippen LogP contribution in [0.3, 0.4) is 0 Å². The SMILES string of the molecule is O=C1C(=O)N(CCCCn2cc(C3C=CC=C3)nn2)c2ccc(F)cc21. The number of hydrogen-bond acceptors (Lipinski definition) is 4. The molecule has 2 heterocycles. The van der Waals surface area contributed by atoms with E-state index in [9.17, 15) is 14.0 Å². The predicted molar refractivity (Wildman–Crippen MR) is 93.4 cm³/mol. The minimum atomic E-state index is -0.641. The van der Waals surface area contributed by atoms with Crippen LogP contribution >= 0.6 is 0 Å². The van der Waals surface area contributed by atoms with E-state index in [1.165, 1.54) is 17.0 Å². The molecule has 0 atom stereocenters.